The van der Waals surface area contributed by atoms with Crippen molar-refractivity contribution >= 4 is 28.3 Å². The predicted octanol–water partition coefficient (Wildman–Crippen LogP) is 5.02. The van der Waals surface area contributed by atoms with E-state index in [2.05, 4.69) is 10.4 Å². The number of hydrogen-bond donors (Lipinski definition) is 2. The molecule has 34 heavy (non-hydrogen) atoms. The first kappa shape index (κ1) is 22.4. The smallest absolute Gasteiger partial charge is 0.149 e. The van der Waals surface area contributed by atoms with Crippen molar-refractivity contribution < 1.29 is 4.39 Å². The Hall–Kier alpha value is -3.41. The molecule has 2 aromatic heterocycles. The zero-order valence-corrected chi connectivity index (χ0v) is 19.6. The topological polar surface area (TPSA) is 97.5 Å². The molecule has 0 aliphatic heterocycles. The molecule has 2 heterocycles. The van der Waals surface area contributed by atoms with E-state index in [4.69, 9.17) is 27.7 Å². The second kappa shape index (κ2) is 9.09. The average Bonchev–Trinajstić information content (AvgIpc) is 3.38. The lowest BCUT2D eigenvalue weighted by Crippen LogP contribution is -2.31. The largest absolute Gasteiger partial charge is 0.368 e. The number of aromatic nitrogens is 4. The van der Waals surface area contributed by atoms with E-state index in [1.165, 1.54) is 12.1 Å². The molecule has 3 N–H and O–H groups in total. The highest BCUT2D eigenvalue weighted by Gasteiger charge is 2.20. The third-order valence-electron chi connectivity index (χ3n) is 6.48. The van der Waals surface area contributed by atoms with Gasteiger partial charge in [0.05, 0.1) is 22.5 Å². The number of rotatable bonds is 5. The molecule has 0 radical (unpaired) electrons. The van der Waals surface area contributed by atoms with Gasteiger partial charge in [-0.3, -0.25) is 4.68 Å². The summed E-state index contributed by atoms with van der Waals surface area (Å²) in [5, 5.41) is 23.1. The van der Waals surface area contributed by atoms with Crippen LogP contribution in [0.2, 0.25) is 5.15 Å². The summed E-state index contributed by atoms with van der Waals surface area (Å²) in [6.07, 6.45) is 4.37. The van der Waals surface area contributed by atoms with Crippen LogP contribution in [-0.4, -0.2) is 32.1 Å². The first-order valence-corrected chi connectivity index (χ1v) is 11.7. The number of nitrogens with one attached hydrogen (secondary N) is 1. The maximum Gasteiger partial charge on any atom is 0.149 e. The summed E-state index contributed by atoms with van der Waals surface area (Å²) in [7, 11) is 1.79. The van der Waals surface area contributed by atoms with Gasteiger partial charge in [-0.2, -0.15) is 10.4 Å². The van der Waals surface area contributed by atoms with Crippen LogP contribution in [-0.2, 0) is 7.05 Å². The van der Waals surface area contributed by atoms with Gasteiger partial charge in [-0.25, -0.2) is 9.07 Å². The first-order valence-electron chi connectivity index (χ1n) is 11.3. The third kappa shape index (κ3) is 4.25. The summed E-state index contributed by atoms with van der Waals surface area (Å²) in [6, 6.07) is 14.3. The molecular formula is C25H25ClFN7. The van der Waals surface area contributed by atoms with Crippen molar-refractivity contribution in [2.24, 2.45) is 18.7 Å². The number of anilines is 1. The van der Waals surface area contributed by atoms with Gasteiger partial charge in [0.15, 0.2) is 0 Å². The molecule has 0 amide bonds. The molecule has 0 spiro atoms. The zero-order chi connectivity index (χ0) is 23.8. The fourth-order valence-corrected chi connectivity index (χ4v) is 4.88. The van der Waals surface area contributed by atoms with Crippen molar-refractivity contribution in [3.8, 4) is 23.0 Å². The van der Waals surface area contributed by atoms with Crippen LogP contribution in [0.1, 0.15) is 31.2 Å². The van der Waals surface area contributed by atoms with Crippen molar-refractivity contribution in [1.82, 2.24) is 19.6 Å². The molecule has 0 saturated heterocycles. The highest BCUT2D eigenvalue weighted by molar-refractivity contribution is 6.34. The van der Waals surface area contributed by atoms with Crippen LogP contribution >= 0.6 is 11.6 Å². The summed E-state index contributed by atoms with van der Waals surface area (Å²) in [5.41, 5.74) is 9.02. The van der Waals surface area contributed by atoms with E-state index in [1.54, 1.807) is 22.5 Å². The van der Waals surface area contributed by atoms with Gasteiger partial charge in [0.1, 0.15) is 22.9 Å². The quantitative estimate of drug-likeness (QED) is 0.420. The van der Waals surface area contributed by atoms with Crippen LogP contribution in [0, 0.1) is 23.1 Å². The van der Waals surface area contributed by atoms with Crippen LogP contribution < -0.4 is 11.1 Å². The van der Waals surface area contributed by atoms with Crippen LogP contribution in [0.5, 0.6) is 0 Å². The molecule has 1 unspecified atom stereocenters. The maximum atomic E-state index is 14.5. The number of nitrogens with zero attached hydrogens (tertiary/aromatic N) is 5. The molecule has 2 aromatic carbocycles. The number of halogens is 2. The number of fused-ring (bicyclic) bond motifs is 1. The minimum atomic E-state index is -0.566. The average molecular weight is 478 g/mol. The highest BCUT2D eigenvalue weighted by Crippen LogP contribution is 2.31. The van der Waals surface area contributed by atoms with E-state index in [1.807, 2.05) is 30.3 Å². The summed E-state index contributed by atoms with van der Waals surface area (Å²) in [6.45, 7) is 0.777. The van der Waals surface area contributed by atoms with Gasteiger partial charge in [-0.1, -0.05) is 24.1 Å². The molecule has 0 bridgehead atoms. The Bertz CT molecular complexity index is 1400. The maximum absolute atomic E-state index is 14.5. The molecule has 174 valence electrons. The van der Waals surface area contributed by atoms with E-state index in [0.29, 0.717) is 28.1 Å². The van der Waals surface area contributed by atoms with E-state index in [9.17, 15) is 4.39 Å². The van der Waals surface area contributed by atoms with Gasteiger partial charge >= 0.3 is 0 Å². The molecule has 4 aromatic rings. The van der Waals surface area contributed by atoms with Crippen molar-refractivity contribution in [3.63, 3.8) is 0 Å². The molecule has 1 fully saturated rings. The second-order valence-corrected chi connectivity index (χ2v) is 9.28. The predicted molar refractivity (Wildman–Crippen MR) is 131 cm³/mol. The first-order chi connectivity index (χ1) is 16.4. The van der Waals surface area contributed by atoms with Gasteiger partial charge in [0.2, 0.25) is 0 Å². The fraction of sp³-hybridized carbons (Fsp3) is 0.320. The van der Waals surface area contributed by atoms with Gasteiger partial charge in [0, 0.05) is 36.7 Å². The molecular weight excluding hydrogens is 453 g/mol. The van der Waals surface area contributed by atoms with E-state index in [-0.39, 0.29) is 11.6 Å². The van der Waals surface area contributed by atoms with Crippen LogP contribution in [0.25, 0.3) is 27.8 Å². The lowest BCUT2D eigenvalue weighted by molar-refractivity contribution is 0.335. The number of nitriles is 1. The van der Waals surface area contributed by atoms with E-state index >= 15 is 0 Å². The zero-order valence-electron chi connectivity index (χ0n) is 18.8. The molecule has 2 atom stereocenters. The summed E-state index contributed by atoms with van der Waals surface area (Å²) in [4.78, 5) is 0. The SMILES string of the molecule is Cn1nc2ccc(-n3nc(NCC4CCC[C@H](N)C4)cc3-c3ccc(C#N)c(F)c3)cc2c1Cl. The molecule has 5 rings (SSSR count). The number of hydrogen-bond acceptors (Lipinski definition) is 5. The van der Waals surface area contributed by atoms with E-state index in [0.717, 1.165) is 48.8 Å². The Kier molecular flexibility index (Phi) is 5.98. The number of nitrogens with two attached hydrogens (primary N) is 1. The standard InChI is InChI=1S/C25H25ClFN7/c1-33-25(26)20-11-19(7-8-22(20)31-33)34-23(16-5-6-17(13-28)21(27)10-16)12-24(32-34)30-14-15-3-2-4-18(29)9-15/h5-8,10-12,15,18H,2-4,9,14,29H2,1H3,(H,30,32)/t15?,18-/m0/s1. The summed E-state index contributed by atoms with van der Waals surface area (Å²) >= 11 is 6.43. The Morgan fingerprint density at radius 3 is 2.82 bits per heavy atom. The Morgan fingerprint density at radius 1 is 1.21 bits per heavy atom. The third-order valence-corrected chi connectivity index (χ3v) is 6.93. The van der Waals surface area contributed by atoms with Crippen molar-refractivity contribution in [2.45, 2.75) is 31.7 Å². The Balaban J connectivity index is 1.54. The molecule has 1 saturated carbocycles. The highest BCUT2D eigenvalue weighted by atomic mass is 35.5. The van der Waals surface area contributed by atoms with Crippen molar-refractivity contribution in [2.75, 3.05) is 11.9 Å². The van der Waals surface area contributed by atoms with Crippen LogP contribution in [0.15, 0.2) is 42.5 Å². The monoisotopic (exact) mass is 477 g/mol. The minimum absolute atomic E-state index is 0.00497. The Morgan fingerprint density at radius 2 is 2.06 bits per heavy atom. The molecule has 7 nitrogen and oxygen atoms in total. The van der Waals surface area contributed by atoms with Crippen LogP contribution in [0.4, 0.5) is 10.2 Å². The lowest BCUT2D eigenvalue weighted by Gasteiger charge is -2.26. The van der Waals surface area contributed by atoms with Gasteiger partial charge in [-0.05, 0) is 55.5 Å². The number of benzene rings is 2. The van der Waals surface area contributed by atoms with Crippen LogP contribution in [0.3, 0.4) is 0 Å². The molecule has 1 aliphatic carbocycles. The summed E-state index contributed by atoms with van der Waals surface area (Å²) < 4.78 is 17.8. The normalized spacial score (nSPS) is 18.2. The fourth-order valence-electron chi connectivity index (χ4n) is 4.69. The molecule has 9 heteroatoms. The van der Waals surface area contributed by atoms with Crippen molar-refractivity contribution in [3.05, 3.63) is 59.0 Å². The Labute approximate surface area is 201 Å². The second-order valence-electron chi connectivity index (χ2n) is 8.92. The van der Waals surface area contributed by atoms with Crippen molar-refractivity contribution in [1.29, 1.82) is 5.26 Å². The number of aryl methyl sites for hydroxylation is 1. The molecule has 1 aliphatic rings. The lowest BCUT2D eigenvalue weighted by atomic mass is 9.86. The van der Waals surface area contributed by atoms with Gasteiger partial charge in [0.25, 0.3) is 0 Å². The van der Waals surface area contributed by atoms with Gasteiger partial charge in [-0.15, -0.1) is 5.10 Å². The summed E-state index contributed by atoms with van der Waals surface area (Å²) in [5.74, 6) is 0.621. The minimum Gasteiger partial charge on any atom is -0.368 e. The van der Waals surface area contributed by atoms with E-state index < -0.39 is 5.82 Å². The van der Waals surface area contributed by atoms with Gasteiger partial charge < -0.3 is 11.1 Å².